The van der Waals surface area contributed by atoms with E-state index in [-0.39, 0.29) is 18.0 Å². The molecule has 1 fully saturated rings. The van der Waals surface area contributed by atoms with Gasteiger partial charge < -0.3 is 19.5 Å². The van der Waals surface area contributed by atoms with Crippen molar-refractivity contribution in [3.63, 3.8) is 0 Å². The second kappa shape index (κ2) is 10.9. The molecule has 3 rings (SSSR count). The minimum absolute atomic E-state index is 0.151. The highest BCUT2D eigenvalue weighted by Crippen LogP contribution is 2.29. The molecule has 1 amide bonds. The maximum atomic E-state index is 12.8. The lowest BCUT2D eigenvalue weighted by molar-refractivity contribution is -0.152. The number of amides is 1. The molecule has 2 aromatic carbocycles. The zero-order valence-corrected chi connectivity index (χ0v) is 19.8. The summed E-state index contributed by atoms with van der Waals surface area (Å²) in [6.45, 7) is -0.113. The van der Waals surface area contributed by atoms with Crippen LogP contribution in [0.4, 0.5) is 5.69 Å². The van der Waals surface area contributed by atoms with Gasteiger partial charge in [-0.2, -0.15) is 4.31 Å². The lowest BCUT2D eigenvalue weighted by Gasteiger charge is -2.30. The first-order chi connectivity index (χ1) is 15.7. The summed E-state index contributed by atoms with van der Waals surface area (Å²) in [5.41, 5.74) is 0.388. The van der Waals surface area contributed by atoms with Crippen molar-refractivity contribution in [2.45, 2.75) is 17.7 Å². The number of anilines is 1. The van der Waals surface area contributed by atoms with E-state index in [0.717, 1.165) is 0 Å². The number of nitrogens with zero attached hydrogens (tertiary/aromatic N) is 1. The summed E-state index contributed by atoms with van der Waals surface area (Å²) in [4.78, 5) is 24.8. The van der Waals surface area contributed by atoms with Gasteiger partial charge in [-0.15, -0.1) is 0 Å². The van der Waals surface area contributed by atoms with Crippen LogP contribution in [0, 0.1) is 5.92 Å². The maximum absolute atomic E-state index is 12.8. The van der Waals surface area contributed by atoms with Crippen LogP contribution in [-0.2, 0) is 24.3 Å². The molecule has 1 aliphatic heterocycles. The monoisotopic (exact) mass is 496 g/mol. The molecule has 2 aromatic rings. The Kier molecular flexibility index (Phi) is 8.17. The van der Waals surface area contributed by atoms with Crippen molar-refractivity contribution in [3.05, 3.63) is 47.5 Å². The van der Waals surface area contributed by atoms with Gasteiger partial charge in [-0.25, -0.2) is 8.42 Å². The average molecular weight is 497 g/mol. The molecule has 1 N–H and O–H groups in total. The fourth-order valence-corrected chi connectivity index (χ4v) is 5.04. The molecular formula is C22H25ClN2O7S. The first-order valence-corrected chi connectivity index (χ1v) is 12.0. The van der Waals surface area contributed by atoms with Gasteiger partial charge in [0, 0.05) is 24.2 Å². The summed E-state index contributed by atoms with van der Waals surface area (Å²) in [5.74, 6) is -0.585. The Morgan fingerprint density at radius 2 is 1.73 bits per heavy atom. The molecule has 1 saturated heterocycles. The predicted octanol–water partition coefficient (Wildman–Crippen LogP) is 2.94. The van der Waals surface area contributed by atoms with E-state index >= 15 is 0 Å². The Morgan fingerprint density at radius 3 is 2.33 bits per heavy atom. The van der Waals surface area contributed by atoms with Gasteiger partial charge in [-0.05, 0) is 49.2 Å². The number of esters is 1. The van der Waals surface area contributed by atoms with Gasteiger partial charge in [0.2, 0.25) is 10.0 Å². The highest BCUT2D eigenvalue weighted by atomic mass is 35.5. The Balaban J connectivity index is 1.50. The Labute approximate surface area is 197 Å². The van der Waals surface area contributed by atoms with Crippen LogP contribution in [0.3, 0.4) is 0 Å². The zero-order valence-electron chi connectivity index (χ0n) is 18.2. The third kappa shape index (κ3) is 6.16. The number of halogens is 1. The summed E-state index contributed by atoms with van der Waals surface area (Å²) in [5, 5.41) is 3.07. The van der Waals surface area contributed by atoms with E-state index in [0.29, 0.717) is 35.1 Å². The standard InChI is InChI=1S/C22H25ClN2O7S/c1-30-17-5-8-20(31-2)19(13-17)24-21(26)14-32-22(27)15-9-11-25(12-10-15)33(28,29)18-6-3-16(23)4-7-18/h3-8,13,15H,9-12,14H2,1-2H3,(H,24,26). The first kappa shape index (κ1) is 24.8. The molecule has 1 heterocycles. The van der Waals surface area contributed by atoms with E-state index in [1.54, 1.807) is 18.2 Å². The van der Waals surface area contributed by atoms with Gasteiger partial charge in [0.25, 0.3) is 5.91 Å². The maximum Gasteiger partial charge on any atom is 0.309 e. The fourth-order valence-electron chi connectivity index (χ4n) is 3.44. The Bertz CT molecular complexity index is 1100. The quantitative estimate of drug-likeness (QED) is 0.559. The highest BCUT2D eigenvalue weighted by Gasteiger charge is 2.33. The largest absolute Gasteiger partial charge is 0.497 e. The van der Waals surface area contributed by atoms with Gasteiger partial charge in [0.15, 0.2) is 6.61 Å². The molecule has 0 aromatic heterocycles. The van der Waals surface area contributed by atoms with Crippen LogP contribution in [-0.4, -0.2) is 58.5 Å². The van der Waals surface area contributed by atoms with Crippen LogP contribution < -0.4 is 14.8 Å². The molecule has 0 unspecified atom stereocenters. The molecule has 0 atom stereocenters. The minimum atomic E-state index is -3.66. The van der Waals surface area contributed by atoms with E-state index in [9.17, 15) is 18.0 Å². The molecule has 0 bridgehead atoms. The van der Waals surface area contributed by atoms with Crippen molar-refractivity contribution in [2.75, 3.05) is 39.2 Å². The molecule has 33 heavy (non-hydrogen) atoms. The lowest BCUT2D eigenvalue weighted by atomic mass is 9.98. The summed E-state index contributed by atoms with van der Waals surface area (Å²) in [7, 11) is -0.694. The SMILES string of the molecule is COc1ccc(OC)c(NC(=O)COC(=O)C2CCN(S(=O)(=O)c3ccc(Cl)cc3)CC2)c1. The van der Waals surface area contributed by atoms with Gasteiger partial charge >= 0.3 is 5.97 Å². The number of hydrogen-bond donors (Lipinski definition) is 1. The fraction of sp³-hybridized carbons (Fsp3) is 0.364. The molecule has 0 aliphatic carbocycles. The summed E-state index contributed by atoms with van der Waals surface area (Å²) >= 11 is 5.83. The number of sulfonamides is 1. The third-order valence-corrected chi connectivity index (χ3v) is 7.43. The number of ether oxygens (including phenoxy) is 3. The second-order valence-electron chi connectivity index (χ2n) is 7.35. The number of benzene rings is 2. The number of piperidine rings is 1. The van der Waals surface area contributed by atoms with E-state index in [1.807, 2.05) is 0 Å². The second-order valence-corrected chi connectivity index (χ2v) is 9.73. The minimum Gasteiger partial charge on any atom is -0.497 e. The first-order valence-electron chi connectivity index (χ1n) is 10.2. The molecular weight excluding hydrogens is 472 g/mol. The third-order valence-electron chi connectivity index (χ3n) is 5.26. The van der Waals surface area contributed by atoms with E-state index in [2.05, 4.69) is 5.32 Å². The van der Waals surface area contributed by atoms with Crippen molar-refractivity contribution in [3.8, 4) is 11.5 Å². The van der Waals surface area contributed by atoms with Crippen molar-refractivity contribution in [1.29, 1.82) is 0 Å². The number of carbonyl (C=O) groups excluding carboxylic acids is 2. The molecule has 1 aliphatic rings. The smallest absolute Gasteiger partial charge is 0.309 e. The van der Waals surface area contributed by atoms with E-state index < -0.39 is 34.4 Å². The van der Waals surface area contributed by atoms with Crippen LogP contribution in [0.5, 0.6) is 11.5 Å². The van der Waals surface area contributed by atoms with Crippen molar-refractivity contribution in [2.24, 2.45) is 5.92 Å². The average Bonchev–Trinajstić information content (AvgIpc) is 2.82. The van der Waals surface area contributed by atoms with Gasteiger partial charge in [-0.1, -0.05) is 11.6 Å². The number of carbonyl (C=O) groups is 2. The Morgan fingerprint density at radius 1 is 1.06 bits per heavy atom. The number of rotatable bonds is 8. The van der Waals surface area contributed by atoms with Crippen molar-refractivity contribution >= 4 is 39.2 Å². The molecule has 0 spiro atoms. The highest BCUT2D eigenvalue weighted by molar-refractivity contribution is 7.89. The topological polar surface area (TPSA) is 111 Å². The van der Waals surface area contributed by atoms with Crippen LogP contribution in [0.2, 0.25) is 5.02 Å². The normalized spacial score (nSPS) is 15.0. The van der Waals surface area contributed by atoms with Gasteiger partial charge in [0.1, 0.15) is 11.5 Å². The summed E-state index contributed by atoms with van der Waals surface area (Å²) in [6.07, 6.45) is 0.605. The molecule has 9 nitrogen and oxygen atoms in total. The van der Waals surface area contributed by atoms with E-state index in [4.69, 9.17) is 25.8 Å². The van der Waals surface area contributed by atoms with Gasteiger partial charge in [-0.3, -0.25) is 9.59 Å². The number of methoxy groups -OCH3 is 2. The predicted molar refractivity (Wildman–Crippen MR) is 122 cm³/mol. The molecule has 0 saturated carbocycles. The van der Waals surface area contributed by atoms with E-state index in [1.165, 1.54) is 42.8 Å². The van der Waals surface area contributed by atoms with Crippen LogP contribution >= 0.6 is 11.6 Å². The molecule has 11 heteroatoms. The number of hydrogen-bond acceptors (Lipinski definition) is 7. The van der Waals surface area contributed by atoms with Crippen molar-refractivity contribution in [1.82, 2.24) is 4.31 Å². The van der Waals surface area contributed by atoms with Gasteiger partial charge in [0.05, 0.1) is 30.7 Å². The van der Waals surface area contributed by atoms with Crippen molar-refractivity contribution < 1.29 is 32.2 Å². The van der Waals surface area contributed by atoms with Crippen LogP contribution in [0.25, 0.3) is 0 Å². The number of nitrogens with one attached hydrogen (secondary N) is 1. The Hall–Kier alpha value is -2.82. The van der Waals surface area contributed by atoms with Crippen LogP contribution in [0.1, 0.15) is 12.8 Å². The molecule has 178 valence electrons. The summed E-state index contributed by atoms with van der Waals surface area (Å²) in [6, 6.07) is 10.9. The molecule has 0 radical (unpaired) electrons. The van der Waals surface area contributed by atoms with Crippen LogP contribution in [0.15, 0.2) is 47.4 Å². The zero-order chi connectivity index (χ0) is 24.0. The summed E-state index contributed by atoms with van der Waals surface area (Å²) < 4.78 is 42.3. The lowest BCUT2D eigenvalue weighted by Crippen LogP contribution is -2.40.